The molecule has 0 saturated heterocycles. The van der Waals surface area contributed by atoms with E-state index in [-0.39, 0.29) is 11.6 Å². The van der Waals surface area contributed by atoms with E-state index in [0.29, 0.717) is 22.0 Å². The lowest BCUT2D eigenvalue weighted by atomic mass is 10.2. The number of benzene rings is 1. The number of hydrogen-bond acceptors (Lipinski definition) is 4. The van der Waals surface area contributed by atoms with Crippen LogP contribution in [0.3, 0.4) is 0 Å². The molecule has 2 aromatic rings. The number of aromatic nitrogens is 1. The SMILES string of the molecule is COc1cc(Cl)c(C)cc1NC(=O)c1ccc(C#N)cn1. The molecule has 0 saturated carbocycles. The van der Waals surface area contributed by atoms with Gasteiger partial charge < -0.3 is 10.1 Å². The van der Waals surface area contributed by atoms with E-state index in [9.17, 15) is 4.79 Å². The monoisotopic (exact) mass is 301 g/mol. The molecule has 1 N–H and O–H groups in total. The zero-order valence-corrected chi connectivity index (χ0v) is 12.2. The lowest BCUT2D eigenvalue weighted by Gasteiger charge is -2.12. The molecule has 0 radical (unpaired) electrons. The molecule has 0 aliphatic carbocycles. The number of nitriles is 1. The molecule has 106 valence electrons. The second-order valence-electron chi connectivity index (χ2n) is 4.30. The molecule has 0 aliphatic heterocycles. The zero-order chi connectivity index (χ0) is 15.4. The quantitative estimate of drug-likeness (QED) is 0.944. The highest BCUT2D eigenvalue weighted by Gasteiger charge is 2.12. The van der Waals surface area contributed by atoms with E-state index in [1.807, 2.05) is 13.0 Å². The van der Waals surface area contributed by atoms with Crippen LogP contribution in [0.2, 0.25) is 5.02 Å². The topological polar surface area (TPSA) is 75.0 Å². The van der Waals surface area contributed by atoms with Crippen LogP contribution in [0, 0.1) is 18.3 Å². The van der Waals surface area contributed by atoms with Crippen LogP contribution in [-0.4, -0.2) is 18.0 Å². The molecular weight excluding hydrogens is 290 g/mol. The third-order valence-corrected chi connectivity index (χ3v) is 3.26. The van der Waals surface area contributed by atoms with E-state index >= 15 is 0 Å². The smallest absolute Gasteiger partial charge is 0.274 e. The molecule has 6 heteroatoms. The third-order valence-electron chi connectivity index (χ3n) is 2.85. The number of nitrogens with zero attached hydrogens (tertiary/aromatic N) is 2. The van der Waals surface area contributed by atoms with Gasteiger partial charge >= 0.3 is 0 Å². The predicted octanol–water partition coefficient (Wildman–Crippen LogP) is 3.18. The molecule has 1 amide bonds. The van der Waals surface area contributed by atoms with E-state index in [2.05, 4.69) is 10.3 Å². The van der Waals surface area contributed by atoms with Crippen molar-refractivity contribution < 1.29 is 9.53 Å². The maximum atomic E-state index is 12.1. The third kappa shape index (κ3) is 3.30. The highest BCUT2D eigenvalue weighted by Crippen LogP contribution is 2.31. The Labute approximate surface area is 127 Å². The Balaban J connectivity index is 2.26. The Morgan fingerprint density at radius 1 is 1.43 bits per heavy atom. The van der Waals surface area contributed by atoms with Gasteiger partial charge in [-0.25, -0.2) is 4.98 Å². The summed E-state index contributed by atoms with van der Waals surface area (Å²) in [6.45, 7) is 1.83. The number of pyridine rings is 1. The summed E-state index contributed by atoms with van der Waals surface area (Å²) < 4.78 is 5.19. The summed E-state index contributed by atoms with van der Waals surface area (Å²) in [6, 6.07) is 8.33. The molecule has 1 aromatic carbocycles. The second kappa shape index (κ2) is 6.25. The summed E-state index contributed by atoms with van der Waals surface area (Å²) in [5, 5.41) is 12.0. The largest absolute Gasteiger partial charge is 0.495 e. The highest BCUT2D eigenvalue weighted by molar-refractivity contribution is 6.31. The van der Waals surface area contributed by atoms with Crippen molar-refractivity contribution in [1.82, 2.24) is 4.98 Å². The number of carbonyl (C=O) groups is 1. The molecule has 0 bridgehead atoms. The van der Waals surface area contributed by atoms with Gasteiger partial charge in [0.1, 0.15) is 17.5 Å². The Morgan fingerprint density at radius 3 is 2.76 bits per heavy atom. The van der Waals surface area contributed by atoms with Crippen LogP contribution < -0.4 is 10.1 Å². The number of hydrogen-bond donors (Lipinski definition) is 1. The molecule has 1 aromatic heterocycles. The molecule has 0 spiro atoms. The van der Waals surface area contributed by atoms with E-state index in [0.717, 1.165) is 5.56 Å². The number of nitrogens with one attached hydrogen (secondary N) is 1. The lowest BCUT2D eigenvalue weighted by molar-refractivity contribution is 0.102. The molecule has 0 unspecified atom stereocenters. The van der Waals surface area contributed by atoms with E-state index in [4.69, 9.17) is 21.6 Å². The summed E-state index contributed by atoms with van der Waals surface area (Å²) in [6.07, 6.45) is 1.35. The molecule has 21 heavy (non-hydrogen) atoms. The number of rotatable bonds is 3. The fraction of sp³-hybridized carbons (Fsp3) is 0.133. The maximum absolute atomic E-state index is 12.1. The molecule has 2 rings (SSSR count). The van der Waals surface area contributed by atoms with Crippen molar-refractivity contribution in [2.75, 3.05) is 12.4 Å². The normalized spacial score (nSPS) is 9.81. The van der Waals surface area contributed by atoms with Crippen LogP contribution >= 0.6 is 11.6 Å². The minimum atomic E-state index is -0.389. The van der Waals surface area contributed by atoms with Crippen molar-refractivity contribution in [2.24, 2.45) is 0 Å². The molecular formula is C15H12ClN3O2. The highest BCUT2D eigenvalue weighted by atomic mass is 35.5. The van der Waals surface area contributed by atoms with Gasteiger partial charge in [0.15, 0.2) is 0 Å². The maximum Gasteiger partial charge on any atom is 0.274 e. The Morgan fingerprint density at radius 2 is 2.19 bits per heavy atom. The van der Waals surface area contributed by atoms with Crippen LogP contribution in [0.5, 0.6) is 5.75 Å². The van der Waals surface area contributed by atoms with Crippen molar-refractivity contribution in [3.05, 3.63) is 52.3 Å². The van der Waals surface area contributed by atoms with E-state index < -0.39 is 0 Å². The van der Waals surface area contributed by atoms with Gasteiger partial charge in [-0.15, -0.1) is 0 Å². The van der Waals surface area contributed by atoms with Gasteiger partial charge in [-0.05, 0) is 30.7 Å². The number of amides is 1. The van der Waals surface area contributed by atoms with Crippen molar-refractivity contribution in [3.63, 3.8) is 0 Å². The van der Waals surface area contributed by atoms with Gasteiger partial charge in [0.05, 0.1) is 18.4 Å². The first-order chi connectivity index (χ1) is 10.0. The summed E-state index contributed by atoms with van der Waals surface area (Å²) in [7, 11) is 1.50. The van der Waals surface area contributed by atoms with Crippen LogP contribution in [0.25, 0.3) is 0 Å². The van der Waals surface area contributed by atoms with Gasteiger partial charge in [0.2, 0.25) is 0 Å². The number of methoxy groups -OCH3 is 1. The molecule has 5 nitrogen and oxygen atoms in total. The van der Waals surface area contributed by atoms with Gasteiger partial charge in [0, 0.05) is 17.3 Å². The van der Waals surface area contributed by atoms with Crippen molar-refractivity contribution in [1.29, 1.82) is 5.26 Å². The Kier molecular flexibility index (Phi) is 4.41. The summed E-state index contributed by atoms with van der Waals surface area (Å²) >= 11 is 6.02. The molecule has 0 aliphatic rings. The number of anilines is 1. The van der Waals surface area contributed by atoms with Crippen LogP contribution in [0.4, 0.5) is 5.69 Å². The predicted molar refractivity (Wildman–Crippen MR) is 79.6 cm³/mol. The zero-order valence-electron chi connectivity index (χ0n) is 11.5. The minimum absolute atomic E-state index is 0.212. The number of ether oxygens (including phenoxy) is 1. The minimum Gasteiger partial charge on any atom is -0.495 e. The summed E-state index contributed by atoms with van der Waals surface area (Å²) in [5.41, 5.74) is 1.94. The molecule has 0 fully saturated rings. The van der Waals surface area contributed by atoms with Crippen molar-refractivity contribution in [2.45, 2.75) is 6.92 Å². The van der Waals surface area contributed by atoms with Crippen LogP contribution in [0.1, 0.15) is 21.6 Å². The standard InChI is InChI=1S/C15H12ClN3O2/c1-9-5-13(14(21-2)6-11(9)16)19-15(20)12-4-3-10(7-17)8-18-12/h3-6,8H,1-2H3,(H,19,20). The summed E-state index contributed by atoms with van der Waals surface area (Å²) in [5.74, 6) is 0.0760. The second-order valence-corrected chi connectivity index (χ2v) is 4.71. The fourth-order valence-electron chi connectivity index (χ4n) is 1.71. The first-order valence-electron chi connectivity index (χ1n) is 6.06. The van der Waals surface area contributed by atoms with Crippen molar-refractivity contribution >= 4 is 23.2 Å². The summed E-state index contributed by atoms with van der Waals surface area (Å²) in [4.78, 5) is 16.1. The van der Waals surface area contributed by atoms with E-state index in [1.165, 1.54) is 25.4 Å². The fourth-order valence-corrected chi connectivity index (χ4v) is 1.86. The average molecular weight is 302 g/mol. The molecule has 0 atom stereocenters. The first kappa shape index (κ1) is 14.8. The van der Waals surface area contributed by atoms with Gasteiger partial charge in [-0.2, -0.15) is 5.26 Å². The Hall–Kier alpha value is -2.58. The molecule has 1 heterocycles. The average Bonchev–Trinajstić information content (AvgIpc) is 2.50. The van der Waals surface area contributed by atoms with Crippen LogP contribution in [0.15, 0.2) is 30.5 Å². The number of carbonyl (C=O) groups excluding carboxylic acids is 1. The van der Waals surface area contributed by atoms with Gasteiger partial charge in [0.25, 0.3) is 5.91 Å². The Bertz CT molecular complexity index is 721. The van der Waals surface area contributed by atoms with Gasteiger partial charge in [-0.1, -0.05) is 11.6 Å². The number of aryl methyl sites for hydroxylation is 1. The first-order valence-corrected chi connectivity index (χ1v) is 6.44. The van der Waals surface area contributed by atoms with Crippen LogP contribution in [-0.2, 0) is 0 Å². The van der Waals surface area contributed by atoms with Gasteiger partial charge in [-0.3, -0.25) is 4.79 Å². The number of halogens is 1. The van der Waals surface area contributed by atoms with E-state index in [1.54, 1.807) is 12.1 Å². The lowest BCUT2D eigenvalue weighted by Crippen LogP contribution is -2.14. The van der Waals surface area contributed by atoms with Crippen molar-refractivity contribution in [3.8, 4) is 11.8 Å².